The van der Waals surface area contributed by atoms with E-state index in [0.717, 1.165) is 5.69 Å². The van der Waals surface area contributed by atoms with Gasteiger partial charge in [0.1, 0.15) is 0 Å². The summed E-state index contributed by atoms with van der Waals surface area (Å²) in [4.78, 5) is 15.2. The number of carbonyl (C=O) groups excluding carboxylic acids is 1. The number of aromatic nitrogens is 2. The van der Waals surface area contributed by atoms with Crippen molar-refractivity contribution in [1.29, 1.82) is 0 Å². The molecule has 1 aromatic rings. The second-order valence-electron chi connectivity index (χ2n) is 2.54. The molecule has 6 nitrogen and oxygen atoms in total. The van der Waals surface area contributed by atoms with Crippen molar-refractivity contribution in [3.05, 3.63) is 18.0 Å². The zero-order valence-electron chi connectivity index (χ0n) is 7.36. The van der Waals surface area contributed by atoms with Crippen LogP contribution >= 0.6 is 0 Å². The van der Waals surface area contributed by atoms with Gasteiger partial charge in [-0.2, -0.15) is 5.10 Å². The number of hydrogen-bond acceptors (Lipinski definition) is 5. The Labute approximate surface area is 75.6 Å². The van der Waals surface area contributed by atoms with E-state index in [0.29, 0.717) is 6.54 Å². The standard InChI is InChI=1S/C7H12N4O2/c1-6-2-4-9-11(6)5-3-7(12)13-10-8/h2,4,10H,3,5,8H2,1H3. The van der Waals surface area contributed by atoms with Gasteiger partial charge in [-0.05, 0) is 13.0 Å². The lowest BCUT2D eigenvalue weighted by atomic mass is 10.4. The first-order valence-electron chi connectivity index (χ1n) is 3.87. The predicted octanol–water partition coefficient (Wildman–Crippen LogP) is -0.497. The molecular formula is C7H12N4O2. The second kappa shape index (κ2) is 4.58. The first kappa shape index (κ1) is 9.69. The summed E-state index contributed by atoms with van der Waals surface area (Å²) in [7, 11) is 0. The van der Waals surface area contributed by atoms with E-state index in [1.807, 2.05) is 18.6 Å². The second-order valence-corrected chi connectivity index (χ2v) is 2.54. The molecule has 0 amide bonds. The van der Waals surface area contributed by atoms with E-state index in [1.165, 1.54) is 0 Å². The van der Waals surface area contributed by atoms with E-state index in [-0.39, 0.29) is 6.42 Å². The SMILES string of the molecule is Cc1ccnn1CCC(=O)ONN. The Morgan fingerprint density at radius 2 is 2.62 bits per heavy atom. The third-order valence-electron chi connectivity index (χ3n) is 1.63. The summed E-state index contributed by atoms with van der Waals surface area (Å²) in [5.74, 6) is 4.39. The van der Waals surface area contributed by atoms with Gasteiger partial charge in [-0.25, -0.2) is 5.84 Å². The van der Waals surface area contributed by atoms with Gasteiger partial charge in [0.25, 0.3) is 0 Å². The number of carbonyl (C=O) groups is 1. The van der Waals surface area contributed by atoms with Gasteiger partial charge in [-0.15, -0.1) is 0 Å². The number of rotatable bonds is 4. The molecule has 13 heavy (non-hydrogen) atoms. The first-order valence-corrected chi connectivity index (χ1v) is 3.87. The molecule has 3 N–H and O–H groups in total. The maximum atomic E-state index is 10.8. The monoisotopic (exact) mass is 184 g/mol. The average Bonchev–Trinajstić information content (AvgIpc) is 2.48. The van der Waals surface area contributed by atoms with Crippen molar-refractivity contribution < 1.29 is 9.63 Å². The Balaban J connectivity index is 2.35. The highest BCUT2D eigenvalue weighted by molar-refractivity contribution is 5.68. The summed E-state index contributed by atoms with van der Waals surface area (Å²) in [6.07, 6.45) is 1.93. The fourth-order valence-electron chi connectivity index (χ4n) is 0.947. The van der Waals surface area contributed by atoms with Gasteiger partial charge in [0.2, 0.25) is 0 Å². The lowest BCUT2D eigenvalue weighted by molar-refractivity contribution is -0.151. The summed E-state index contributed by atoms with van der Waals surface area (Å²) in [5, 5.41) is 4.01. The van der Waals surface area contributed by atoms with E-state index in [4.69, 9.17) is 5.84 Å². The molecule has 1 rings (SSSR count). The smallest absolute Gasteiger partial charge is 0.328 e. The number of aryl methyl sites for hydroxylation is 2. The molecule has 0 aliphatic heterocycles. The highest BCUT2D eigenvalue weighted by Gasteiger charge is 2.03. The molecule has 0 saturated carbocycles. The van der Waals surface area contributed by atoms with Crippen LogP contribution in [-0.2, 0) is 16.2 Å². The topological polar surface area (TPSA) is 82.2 Å². The molecule has 0 saturated heterocycles. The Bertz CT molecular complexity index is 284. The molecule has 0 aliphatic carbocycles. The van der Waals surface area contributed by atoms with Crippen LogP contribution in [0, 0.1) is 6.92 Å². The normalized spacial score (nSPS) is 10.0. The van der Waals surface area contributed by atoms with E-state index >= 15 is 0 Å². The molecule has 0 unspecified atom stereocenters. The lowest BCUT2D eigenvalue weighted by Gasteiger charge is -2.03. The van der Waals surface area contributed by atoms with Crippen LogP contribution in [0.3, 0.4) is 0 Å². The van der Waals surface area contributed by atoms with E-state index < -0.39 is 5.97 Å². The molecule has 0 fully saturated rings. The molecule has 6 heteroatoms. The number of hydrazine groups is 1. The molecule has 0 spiro atoms. The maximum Gasteiger partial charge on any atom is 0.328 e. The minimum atomic E-state index is -0.405. The molecule has 0 atom stereocenters. The van der Waals surface area contributed by atoms with Gasteiger partial charge >= 0.3 is 5.97 Å². The average molecular weight is 184 g/mol. The van der Waals surface area contributed by atoms with Crippen molar-refractivity contribution in [2.45, 2.75) is 19.9 Å². The number of nitrogens with zero attached hydrogens (tertiary/aromatic N) is 2. The Hall–Kier alpha value is -1.40. The summed E-state index contributed by atoms with van der Waals surface area (Å²) in [6.45, 7) is 2.42. The molecule has 0 radical (unpaired) electrons. The van der Waals surface area contributed by atoms with Gasteiger partial charge in [0.05, 0.1) is 13.0 Å². The van der Waals surface area contributed by atoms with E-state index in [1.54, 1.807) is 10.9 Å². The van der Waals surface area contributed by atoms with Gasteiger partial charge < -0.3 is 4.84 Å². The Morgan fingerprint density at radius 1 is 1.85 bits per heavy atom. The van der Waals surface area contributed by atoms with Crippen LogP contribution in [0.15, 0.2) is 12.3 Å². The highest BCUT2D eigenvalue weighted by atomic mass is 16.7. The van der Waals surface area contributed by atoms with Crippen LogP contribution in [0.2, 0.25) is 0 Å². The van der Waals surface area contributed by atoms with Gasteiger partial charge in [-0.3, -0.25) is 9.48 Å². The van der Waals surface area contributed by atoms with Crippen LogP contribution in [0.25, 0.3) is 0 Å². The number of nitrogens with two attached hydrogens (primary N) is 1. The minimum absolute atomic E-state index is 0.243. The summed E-state index contributed by atoms with van der Waals surface area (Å²) in [5.41, 5.74) is 2.84. The van der Waals surface area contributed by atoms with Crippen molar-refractivity contribution in [2.75, 3.05) is 0 Å². The fraction of sp³-hybridized carbons (Fsp3) is 0.429. The quantitative estimate of drug-likeness (QED) is 0.487. The van der Waals surface area contributed by atoms with Crippen molar-refractivity contribution in [1.82, 2.24) is 15.4 Å². The van der Waals surface area contributed by atoms with Crippen LogP contribution in [0.5, 0.6) is 0 Å². The molecule has 0 bridgehead atoms. The van der Waals surface area contributed by atoms with Crippen molar-refractivity contribution in [3.8, 4) is 0 Å². The molecule has 1 heterocycles. The maximum absolute atomic E-state index is 10.8. The van der Waals surface area contributed by atoms with E-state index in [2.05, 4.69) is 9.94 Å². The summed E-state index contributed by atoms with van der Waals surface area (Å²) in [6, 6.07) is 1.87. The van der Waals surface area contributed by atoms with Crippen LogP contribution in [-0.4, -0.2) is 15.7 Å². The van der Waals surface area contributed by atoms with Crippen LogP contribution in [0.1, 0.15) is 12.1 Å². The minimum Gasteiger partial charge on any atom is -0.356 e. The summed E-state index contributed by atoms with van der Waals surface area (Å²) >= 11 is 0. The third kappa shape index (κ3) is 2.85. The Morgan fingerprint density at radius 3 is 3.15 bits per heavy atom. The zero-order valence-corrected chi connectivity index (χ0v) is 7.36. The van der Waals surface area contributed by atoms with Gasteiger partial charge in [-0.1, -0.05) is 5.59 Å². The molecule has 0 aliphatic rings. The van der Waals surface area contributed by atoms with Crippen molar-refractivity contribution in [2.24, 2.45) is 5.84 Å². The predicted molar refractivity (Wildman–Crippen MR) is 45.0 cm³/mol. The lowest BCUT2D eigenvalue weighted by Crippen LogP contribution is -2.26. The zero-order chi connectivity index (χ0) is 9.68. The van der Waals surface area contributed by atoms with Gasteiger partial charge in [0, 0.05) is 11.9 Å². The summed E-state index contributed by atoms with van der Waals surface area (Å²) < 4.78 is 1.72. The molecule has 1 aromatic heterocycles. The molecular weight excluding hydrogens is 172 g/mol. The molecule has 0 aromatic carbocycles. The number of nitrogens with one attached hydrogen (secondary N) is 1. The Kier molecular flexibility index (Phi) is 3.41. The molecule has 72 valence electrons. The largest absolute Gasteiger partial charge is 0.356 e. The van der Waals surface area contributed by atoms with Crippen molar-refractivity contribution in [3.63, 3.8) is 0 Å². The van der Waals surface area contributed by atoms with Crippen LogP contribution in [0.4, 0.5) is 0 Å². The van der Waals surface area contributed by atoms with Crippen molar-refractivity contribution >= 4 is 5.97 Å². The number of hydrogen-bond donors (Lipinski definition) is 2. The first-order chi connectivity index (χ1) is 6.24. The third-order valence-corrected chi connectivity index (χ3v) is 1.63. The highest BCUT2D eigenvalue weighted by Crippen LogP contribution is 1.97. The van der Waals surface area contributed by atoms with E-state index in [9.17, 15) is 4.79 Å². The van der Waals surface area contributed by atoms with Crippen LogP contribution < -0.4 is 11.4 Å². The van der Waals surface area contributed by atoms with Gasteiger partial charge in [0.15, 0.2) is 0 Å². The fourth-order valence-corrected chi connectivity index (χ4v) is 0.947.